The molecule has 1 aliphatic rings. The SMILES string of the molecule is Cc1ccnc(C(C)C)c1-n1c(=O)nc(N2CCN(C(=O)COc3c(F)c(F)cc(F)c3F)C[C@@H]2C)c2cc(Cl)c(-c3ccccc3F)nc21. The number of halogens is 6. The maximum atomic E-state index is 15.0. The van der Waals surface area contributed by atoms with Gasteiger partial charge in [0.25, 0.3) is 5.91 Å². The third-order valence-electron chi connectivity index (χ3n) is 8.52. The molecule has 0 bridgehead atoms. The van der Waals surface area contributed by atoms with E-state index in [9.17, 15) is 27.2 Å². The van der Waals surface area contributed by atoms with E-state index in [1.54, 1.807) is 36.2 Å². The molecule has 0 saturated carbocycles. The number of aryl methyl sites for hydroxylation is 1. The van der Waals surface area contributed by atoms with Crippen molar-refractivity contribution in [3.05, 3.63) is 105 Å². The van der Waals surface area contributed by atoms with Gasteiger partial charge in [0.2, 0.25) is 11.6 Å². The fraction of sp³-hybridized carbons (Fsp3) is 0.286. The van der Waals surface area contributed by atoms with Crippen LogP contribution in [0.25, 0.3) is 28.0 Å². The van der Waals surface area contributed by atoms with Crippen molar-refractivity contribution in [2.45, 2.75) is 39.7 Å². The number of nitrogens with zero attached hydrogens (tertiary/aromatic N) is 6. The van der Waals surface area contributed by atoms with E-state index in [-0.39, 0.29) is 59.4 Å². The van der Waals surface area contributed by atoms with Gasteiger partial charge in [-0.25, -0.2) is 27.5 Å². The zero-order valence-electron chi connectivity index (χ0n) is 27.3. The van der Waals surface area contributed by atoms with E-state index in [4.69, 9.17) is 21.3 Å². The summed E-state index contributed by atoms with van der Waals surface area (Å²) in [5.41, 5.74) is 1.57. The second kappa shape index (κ2) is 13.7. The summed E-state index contributed by atoms with van der Waals surface area (Å²) < 4.78 is 76.7. The van der Waals surface area contributed by atoms with Crippen LogP contribution in [0.1, 0.15) is 37.9 Å². The molecule has 1 fully saturated rings. The lowest BCUT2D eigenvalue weighted by Crippen LogP contribution is -2.55. The van der Waals surface area contributed by atoms with Gasteiger partial charge in [-0.05, 0) is 49.6 Å². The van der Waals surface area contributed by atoms with Crippen LogP contribution in [0.5, 0.6) is 5.75 Å². The van der Waals surface area contributed by atoms with Crippen molar-refractivity contribution in [2.24, 2.45) is 0 Å². The van der Waals surface area contributed by atoms with E-state index in [0.717, 1.165) is 5.56 Å². The Labute approximate surface area is 287 Å². The lowest BCUT2D eigenvalue weighted by Gasteiger charge is -2.40. The Hall–Kier alpha value is -5.11. The molecule has 1 aliphatic heterocycles. The number of ether oxygens (including phenoxy) is 1. The third kappa shape index (κ3) is 6.23. The third-order valence-corrected chi connectivity index (χ3v) is 8.81. The Morgan fingerprint density at radius 2 is 1.70 bits per heavy atom. The number of carbonyl (C=O) groups is 1. The van der Waals surface area contributed by atoms with Crippen LogP contribution in [0, 0.1) is 36.0 Å². The van der Waals surface area contributed by atoms with Crippen molar-refractivity contribution in [1.82, 2.24) is 24.4 Å². The number of benzene rings is 2. The summed E-state index contributed by atoms with van der Waals surface area (Å²) in [4.78, 5) is 44.0. The van der Waals surface area contributed by atoms with Crippen molar-refractivity contribution in [3.8, 4) is 22.7 Å². The van der Waals surface area contributed by atoms with Crippen LogP contribution in [0.3, 0.4) is 0 Å². The zero-order valence-corrected chi connectivity index (χ0v) is 28.0. The lowest BCUT2D eigenvalue weighted by atomic mass is 10.0. The first-order valence-corrected chi connectivity index (χ1v) is 16.0. The first-order valence-electron chi connectivity index (χ1n) is 15.6. The maximum Gasteiger partial charge on any atom is 0.355 e. The Morgan fingerprint density at radius 3 is 2.36 bits per heavy atom. The molecule has 0 aliphatic carbocycles. The second-order valence-corrected chi connectivity index (χ2v) is 12.6. The molecule has 0 unspecified atom stereocenters. The van der Waals surface area contributed by atoms with Crippen molar-refractivity contribution in [2.75, 3.05) is 31.1 Å². The lowest BCUT2D eigenvalue weighted by molar-refractivity contribution is -0.134. The summed E-state index contributed by atoms with van der Waals surface area (Å²) in [7, 11) is 0. The average molecular weight is 713 g/mol. The molecule has 4 heterocycles. The molecule has 9 nitrogen and oxygen atoms in total. The number of fused-ring (bicyclic) bond motifs is 1. The van der Waals surface area contributed by atoms with E-state index in [0.29, 0.717) is 16.8 Å². The van der Waals surface area contributed by atoms with Crippen molar-refractivity contribution in [1.29, 1.82) is 0 Å². The van der Waals surface area contributed by atoms with Gasteiger partial charge in [0.05, 0.1) is 27.5 Å². The predicted molar refractivity (Wildman–Crippen MR) is 177 cm³/mol. The topological polar surface area (TPSA) is 93.5 Å². The normalized spacial score (nSPS) is 14.9. The number of amides is 1. The smallest absolute Gasteiger partial charge is 0.355 e. The molecule has 0 N–H and O–H groups in total. The Bertz CT molecular complexity index is 2190. The molecule has 260 valence electrons. The van der Waals surface area contributed by atoms with Crippen LogP contribution in [0.15, 0.2) is 53.5 Å². The van der Waals surface area contributed by atoms with Crippen LogP contribution in [-0.2, 0) is 4.79 Å². The van der Waals surface area contributed by atoms with Gasteiger partial charge in [-0.3, -0.25) is 9.78 Å². The number of rotatable bonds is 7. The van der Waals surface area contributed by atoms with Gasteiger partial charge in [-0.2, -0.15) is 13.8 Å². The van der Waals surface area contributed by atoms with Gasteiger partial charge in [0.1, 0.15) is 11.6 Å². The van der Waals surface area contributed by atoms with Crippen LogP contribution in [-0.4, -0.2) is 62.6 Å². The first kappa shape index (κ1) is 34.7. The Kier molecular flexibility index (Phi) is 9.49. The highest BCUT2D eigenvalue weighted by Crippen LogP contribution is 2.36. The molecule has 3 aromatic heterocycles. The fourth-order valence-corrected chi connectivity index (χ4v) is 6.31. The summed E-state index contributed by atoms with van der Waals surface area (Å²) in [6.07, 6.45) is 1.65. The summed E-state index contributed by atoms with van der Waals surface area (Å²) in [5.74, 6) is -9.29. The summed E-state index contributed by atoms with van der Waals surface area (Å²) >= 11 is 6.76. The molecule has 50 heavy (non-hydrogen) atoms. The highest BCUT2D eigenvalue weighted by Gasteiger charge is 2.32. The summed E-state index contributed by atoms with van der Waals surface area (Å²) in [5, 5.41) is 0.483. The number of aromatic nitrogens is 4. The highest BCUT2D eigenvalue weighted by atomic mass is 35.5. The number of anilines is 1. The van der Waals surface area contributed by atoms with Gasteiger partial charge >= 0.3 is 5.69 Å². The predicted octanol–water partition coefficient (Wildman–Crippen LogP) is 6.74. The van der Waals surface area contributed by atoms with Gasteiger partial charge < -0.3 is 14.5 Å². The van der Waals surface area contributed by atoms with E-state index in [1.165, 1.54) is 27.7 Å². The molecule has 1 amide bonds. The Morgan fingerprint density at radius 1 is 1.00 bits per heavy atom. The van der Waals surface area contributed by atoms with E-state index in [1.807, 2.05) is 20.8 Å². The van der Waals surface area contributed by atoms with Gasteiger partial charge in [-0.15, -0.1) is 0 Å². The molecular weight excluding hydrogens is 683 g/mol. The molecule has 0 radical (unpaired) electrons. The van der Waals surface area contributed by atoms with Crippen LogP contribution < -0.4 is 15.3 Å². The minimum atomic E-state index is -1.75. The molecule has 2 aromatic carbocycles. The number of hydrogen-bond acceptors (Lipinski definition) is 7. The summed E-state index contributed by atoms with van der Waals surface area (Å²) in [6.45, 7) is 6.86. The number of pyridine rings is 2. The fourth-order valence-electron chi connectivity index (χ4n) is 6.06. The molecule has 1 saturated heterocycles. The number of hydrogen-bond donors (Lipinski definition) is 0. The van der Waals surface area contributed by atoms with E-state index >= 15 is 4.39 Å². The Balaban J connectivity index is 1.40. The molecule has 1 atom stereocenters. The molecule has 5 aromatic rings. The molecule has 0 spiro atoms. The van der Waals surface area contributed by atoms with Gasteiger partial charge in [0, 0.05) is 43.5 Å². The molecule has 6 rings (SSSR count). The largest absolute Gasteiger partial charge is 0.477 e. The number of piperazine rings is 1. The second-order valence-electron chi connectivity index (χ2n) is 12.2. The van der Waals surface area contributed by atoms with E-state index < -0.39 is 59.1 Å². The molecular formula is C35H30ClF5N6O3. The van der Waals surface area contributed by atoms with Crippen molar-refractivity contribution >= 4 is 34.4 Å². The molecule has 15 heteroatoms. The van der Waals surface area contributed by atoms with E-state index in [2.05, 4.69) is 9.97 Å². The van der Waals surface area contributed by atoms with Crippen LogP contribution >= 0.6 is 11.6 Å². The minimum absolute atomic E-state index is 0.0426. The average Bonchev–Trinajstić information content (AvgIpc) is 3.07. The maximum absolute atomic E-state index is 15.0. The summed E-state index contributed by atoms with van der Waals surface area (Å²) in [6, 6.07) is 8.89. The van der Waals surface area contributed by atoms with Crippen LogP contribution in [0.4, 0.5) is 27.8 Å². The number of carbonyl (C=O) groups excluding carboxylic acids is 1. The minimum Gasteiger partial charge on any atom is -0.477 e. The van der Waals surface area contributed by atoms with Gasteiger partial charge in [-0.1, -0.05) is 37.6 Å². The zero-order chi connectivity index (χ0) is 36.0. The standard InChI is InChI=1S/C35H30ClF5N6O3/c1-17(2)29-31(18(3)9-10-42-29)47-34-21(13-22(36)30(43-34)20-7-5-6-8-23(20)37)33(44-35(47)49)46-12-11-45(15-19(46)4)26(48)16-50-32-27(40)24(38)14-25(39)28(32)41/h5-10,13-14,17,19H,11-12,15-16H2,1-4H3/t19-/m0/s1. The highest BCUT2D eigenvalue weighted by molar-refractivity contribution is 6.33. The van der Waals surface area contributed by atoms with Crippen molar-refractivity contribution in [3.63, 3.8) is 0 Å². The van der Waals surface area contributed by atoms with Gasteiger partial charge in [0.15, 0.2) is 29.6 Å². The van der Waals surface area contributed by atoms with Crippen LogP contribution in [0.2, 0.25) is 5.02 Å². The monoisotopic (exact) mass is 712 g/mol. The first-order chi connectivity index (χ1) is 23.8. The van der Waals surface area contributed by atoms with Crippen molar-refractivity contribution < 1.29 is 31.5 Å². The quantitative estimate of drug-likeness (QED) is 0.136.